The van der Waals surface area contributed by atoms with Crippen molar-refractivity contribution >= 4 is 12.0 Å². The van der Waals surface area contributed by atoms with Gasteiger partial charge < -0.3 is 24.4 Å². The first-order chi connectivity index (χ1) is 11.7. The number of carbonyl (C=O) groups excluding carboxylic acids is 2. The van der Waals surface area contributed by atoms with Gasteiger partial charge in [-0.05, 0) is 26.7 Å². The minimum atomic E-state index is -0.595. The first-order valence-electron chi connectivity index (χ1n) is 9.22. The average molecular weight is 356 g/mol. The fourth-order valence-corrected chi connectivity index (χ4v) is 3.17. The van der Waals surface area contributed by atoms with E-state index in [4.69, 9.17) is 14.2 Å². The highest BCUT2D eigenvalue weighted by Gasteiger charge is 2.42. The number of amides is 2. The highest BCUT2D eigenvalue weighted by Crippen LogP contribution is 2.31. The molecule has 7 heteroatoms. The number of piperidine rings is 1. The summed E-state index contributed by atoms with van der Waals surface area (Å²) in [6.07, 6.45) is 1.56. The summed E-state index contributed by atoms with van der Waals surface area (Å²) < 4.78 is 16.7. The van der Waals surface area contributed by atoms with E-state index in [2.05, 4.69) is 5.32 Å². The smallest absolute Gasteiger partial charge is 0.408 e. The molecule has 144 valence electrons. The molecule has 1 unspecified atom stereocenters. The van der Waals surface area contributed by atoms with Gasteiger partial charge in [-0.25, -0.2) is 4.79 Å². The van der Waals surface area contributed by atoms with E-state index in [1.807, 2.05) is 13.8 Å². The van der Waals surface area contributed by atoms with Crippen LogP contribution in [0.2, 0.25) is 0 Å². The Morgan fingerprint density at radius 3 is 2.24 bits per heavy atom. The van der Waals surface area contributed by atoms with Gasteiger partial charge in [0.05, 0.1) is 13.2 Å². The van der Waals surface area contributed by atoms with Gasteiger partial charge in [-0.3, -0.25) is 4.79 Å². The Labute approximate surface area is 150 Å². The van der Waals surface area contributed by atoms with Gasteiger partial charge in [-0.15, -0.1) is 0 Å². The summed E-state index contributed by atoms with van der Waals surface area (Å²) in [6, 6.07) is -0.584. The van der Waals surface area contributed by atoms with E-state index >= 15 is 0 Å². The van der Waals surface area contributed by atoms with Crippen molar-refractivity contribution in [3.8, 4) is 0 Å². The zero-order chi connectivity index (χ0) is 18.7. The zero-order valence-electron chi connectivity index (χ0n) is 16.1. The van der Waals surface area contributed by atoms with E-state index in [9.17, 15) is 9.59 Å². The Bertz CT molecular complexity index is 472. The molecule has 1 spiro atoms. The predicted molar refractivity (Wildman–Crippen MR) is 93.1 cm³/mol. The van der Waals surface area contributed by atoms with E-state index in [-0.39, 0.29) is 11.8 Å². The molecule has 0 aromatic heterocycles. The van der Waals surface area contributed by atoms with E-state index < -0.39 is 23.5 Å². The molecule has 2 aliphatic rings. The van der Waals surface area contributed by atoms with Crippen LogP contribution in [0.4, 0.5) is 4.79 Å². The molecule has 0 radical (unpaired) electrons. The van der Waals surface area contributed by atoms with Crippen LogP contribution in [0.5, 0.6) is 0 Å². The fourth-order valence-electron chi connectivity index (χ4n) is 3.17. The first-order valence-corrected chi connectivity index (χ1v) is 9.22. The summed E-state index contributed by atoms with van der Waals surface area (Å²) in [5.74, 6) is -0.552. The van der Waals surface area contributed by atoms with Crippen molar-refractivity contribution in [2.24, 2.45) is 5.92 Å². The van der Waals surface area contributed by atoms with Crippen LogP contribution in [-0.2, 0) is 19.0 Å². The number of likely N-dealkylation sites (tertiary alicyclic amines) is 1. The molecule has 2 fully saturated rings. The molecule has 1 N–H and O–H groups in total. The number of hydrogen-bond acceptors (Lipinski definition) is 5. The Kier molecular flexibility index (Phi) is 6.32. The fraction of sp³-hybridized carbons (Fsp3) is 0.889. The first kappa shape index (κ1) is 20.0. The highest BCUT2D eigenvalue weighted by molar-refractivity contribution is 5.86. The van der Waals surface area contributed by atoms with Crippen LogP contribution in [-0.4, -0.2) is 60.6 Å². The maximum atomic E-state index is 13.0. The molecular formula is C18H32N2O5. The molecule has 2 aliphatic heterocycles. The van der Waals surface area contributed by atoms with Gasteiger partial charge in [-0.1, -0.05) is 20.3 Å². The van der Waals surface area contributed by atoms with Crippen LogP contribution in [0, 0.1) is 5.92 Å². The van der Waals surface area contributed by atoms with Crippen molar-refractivity contribution in [2.75, 3.05) is 26.3 Å². The summed E-state index contributed by atoms with van der Waals surface area (Å²) >= 11 is 0. The molecule has 7 nitrogen and oxygen atoms in total. The molecular weight excluding hydrogens is 324 g/mol. The standard InChI is InChI=1S/C18H32N2O5/c1-6-13(2)14(19-16(22)25-17(3,4)5)15(21)20-9-7-18(8-10-20)23-11-12-24-18/h13-14H,6-12H2,1-5H3,(H,19,22)/t13?,14-/m0/s1. The van der Waals surface area contributed by atoms with E-state index in [0.717, 1.165) is 6.42 Å². The van der Waals surface area contributed by atoms with Crippen LogP contribution in [0.1, 0.15) is 53.9 Å². The average Bonchev–Trinajstić information content (AvgIpc) is 2.98. The molecule has 0 bridgehead atoms. The molecule has 2 atom stereocenters. The minimum absolute atomic E-state index is 0.0230. The third kappa shape index (κ3) is 5.31. The third-order valence-corrected chi connectivity index (χ3v) is 4.80. The molecule has 0 aliphatic carbocycles. The third-order valence-electron chi connectivity index (χ3n) is 4.80. The Hall–Kier alpha value is -1.34. The van der Waals surface area contributed by atoms with Crippen LogP contribution in [0.25, 0.3) is 0 Å². The number of alkyl carbamates (subject to hydrolysis) is 1. The summed E-state index contributed by atoms with van der Waals surface area (Å²) in [5, 5.41) is 2.77. The monoisotopic (exact) mass is 356 g/mol. The van der Waals surface area contributed by atoms with Gasteiger partial charge in [-0.2, -0.15) is 0 Å². The summed E-state index contributed by atoms with van der Waals surface area (Å²) in [4.78, 5) is 26.9. The summed E-state index contributed by atoms with van der Waals surface area (Å²) in [7, 11) is 0. The molecule has 2 heterocycles. The molecule has 0 aromatic carbocycles. The number of carbonyl (C=O) groups is 2. The lowest BCUT2D eigenvalue weighted by atomic mass is 9.96. The van der Waals surface area contributed by atoms with E-state index in [1.165, 1.54) is 0 Å². The van der Waals surface area contributed by atoms with Crippen LogP contribution in [0.15, 0.2) is 0 Å². The van der Waals surface area contributed by atoms with Gasteiger partial charge in [0.15, 0.2) is 5.79 Å². The SMILES string of the molecule is CCC(C)[C@H](NC(=O)OC(C)(C)C)C(=O)N1CCC2(CC1)OCCO2. The largest absolute Gasteiger partial charge is 0.444 e. The Morgan fingerprint density at radius 2 is 1.76 bits per heavy atom. The van der Waals surface area contributed by atoms with Crippen LogP contribution >= 0.6 is 0 Å². The molecule has 25 heavy (non-hydrogen) atoms. The number of rotatable bonds is 4. The number of hydrogen-bond donors (Lipinski definition) is 1. The second-order valence-electron chi connectivity index (χ2n) is 7.94. The van der Waals surface area contributed by atoms with Gasteiger partial charge in [0.2, 0.25) is 5.91 Å². The number of ether oxygens (including phenoxy) is 3. The molecule has 0 saturated carbocycles. The maximum absolute atomic E-state index is 13.0. The zero-order valence-corrected chi connectivity index (χ0v) is 16.1. The van der Waals surface area contributed by atoms with E-state index in [0.29, 0.717) is 39.1 Å². The van der Waals surface area contributed by atoms with Crippen molar-refractivity contribution in [1.82, 2.24) is 10.2 Å². The topological polar surface area (TPSA) is 77.1 Å². The van der Waals surface area contributed by atoms with Crippen LogP contribution < -0.4 is 5.32 Å². The van der Waals surface area contributed by atoms with Crippen molar-refractivity contribution < 1.29 is 23.8 Å². The Balaban J connectivity index is 1.97. The number of nitrogens with zero attached hydrogens (tertiary/aromatic N) is 1. The van der Waals surface area contributed by atoms with Crippen molar-refractivity contribution in [1.29, 1.82) is 0 Å². The predicted octanol–water partition coefficient (Wildman–Crippen LogP) is 2.29. The maximum Gasteiger partial charge on any atom is 0.408 e. The molecule has 0 aromatic rings. The van der Waals surface area contributed by atoms with Crippen molar-refractivity contribution in [3.05, 3.63) is 0 Å². The Morgan fingerprint density at radius 1 is 1.20 bits per heavy atom. The summed E-state index contributed by atoms with van der Waals surface area (Å²) in [5.41, 5.74) is -0.595. The lowest BCUT2D eigenvalue weighted by molar-refractivity contribution is -0.188. The quantitative estimate of drug-likeness (QED) is 0.836. The minimum Gasteiger partial charge on any atom is -0.444 e. The summed E-state index contributed by atoms with van der Waals surface area (Å²) in [6.45, 7) is 11.8. The van der Waals surface area contributed by atoms with Gasteiger partial charge >= 0.3 is 6.09 Å². The molecule has 2 amide bonds. The normalized spacial score (nSPS) is 22.5. The second-order valence-corrected chi connectivity index (χ2v) is 7.94. The number of nitrogens with one attached hydrogen (secondary N) is 1. The van der Waals surface area contributed by atoms with Crippen molar-refractivity contribution in [2.45, 2.75) is 71.3 Å². The van der Waals surface area contributed by atoms with Gasteiger partial charge in [0.1, 0.15) is 11.6 Å². The van der Waals surface area contributed by atoms with E-state index in [1.54, 1.807) is 25.7 Å². The molecule has 2 rings (SSSR count). The van der Waals surface area contributed by atoms with Gasteiger partial charge in [0, 0.05) is 25.9 Å². The van der Waals surface area contributed by atoms with Gasteiger partial charge in [0.25, 0.3) is 0 Å². The lowest BCUT2D eigenvalue weighted by Gasteiger charge is -2.39. The highest BCUT2D eigenvalue weighted by atomic mass is 16.7. The second kappa shape index (κ2) is 7.91. The van der Waals surface area contributed by atoms with Crippen molar-refractivity contribution in [3.63, 3.8) is 0 Å². The lowest BCUT2D eigenvalue weighted by Crippen LogP contribution is -2.56. The molecule has 2 saturated heterocycles. The van der Waals surface area contributed by atoms with Crippen LogP contribution in [0.3, 0.4) is 0 Å².